The third kappa shape index (κ3) is 3.55. The molecule has 1 heterocycles. The lowest BCUT2D eigenvalue weighted by Gasteiger charge is -2.26. The highest BCUT2D eigenvalue weighted by atomic mass is 16.6. The van der Waals surface area contributed by atoms with E-state index in [4.69, 9.17) is 9.47 Å². The number of carbonyl (C=O) groups is 1. The Morgan fingerprint density at radius 1 is 1.08 bits per heavy atom. The number of ether oxygens (including phenoxy) is 2. The Morgan fingerprint density at radius 3 is 2.84 bits per heavy atom. The highest BCUT2D eigenvalue weighted by Gasteiger charge is 2.21. The van der Waals surface area contributed by atoms with Crippen LogP contribution < -0.4 is 20.1 Å². The SMILES string of the molecule is O=C(CNc1ccc2c(c1)OCCO2)NC1CCCc2ccccc21. The monoisotopic (exact) mass is 338 g/mol. The van der Waals surface area contributed by atoms with Crippen molar-refractivity contribution >= 4 is 11.6 Å². The third-order valence-electron chi connectivity index (χ3n) is 4.70. The molecule has 25 heavy (non-hydrogen) atoms. The van der Waals surface area contributed by atoms with Gasteiger partial charge in [-0.15, -0.1) is 0 Å². The number of hydrogen-bond acceptors (Lipinski definition) is 4. The van der Waals surface area contributed by atoms with E-state index >= 15 is 0 Å². The maximum atomic E-state index is 12.4. The summed E-state index contributed by atoms with van der Waals surface area (Å²) in [6, 6.07) is 14.1. The van der Waals surface area contributed by atoms with Crippen molar-refractivity contribution in [2.45, 2.75) is 25.3 Å². The molecule has 5 heteroatoms. The minimum Gasteiger partial charge on any atom is -0.486 e. The van der Waals surface area contributed by atoms with E-state index in [0.29, 0.717) is 13.2 Å². The van der Waals surface area contributed by atoms with Gasteiger partial charge >= 0.3 is 0 Å². The van der Waals surface area contributed by atoms with E-state index in [2.05, 4.69) is 28.8 Å². The molecule has 1 amide bonds. The lowest BCUT2D eigenvalue weighted by Crippen LogP contribution is -2.35. The molecule has 0 radical (unpaired) electrons. The number of benzene rings is 2. The van der Waals surface area contributed by atoms with Gasteiger partial charge in [-0.2, -0.15) is 0 Å². The van der Waals surface area contributed by atoms with Crippen molar-refractivity contribution in [1.29, 1.82) is 0 Å². The van der Waals surface area contributed by atoms with Gasteiger partial charge in [0.05, 0.1) is 12.6 Å². The summed E-state index contributed by atoms with van der Waals surface area (Å²) in [6.45, 7) is 1.36. The Kier molecular flexibility index (Phi) is 4.46. The third-order valence-corrected chi connectivity index (χ3v) is 4.70. The molecule has 1 atom stereocenters. The Bertz CT molecular complexity index is 775. The number of amides is 1. The van der Waals surface area contributed by atoms with Crippen molar-refractivity contribution in [1.82, 2.24) is 5.32 Å². The Balaban J connectivity index is 1.36. The molecule has 2 aliphatic rings. The molecule has 0 spiro atoms. The van der Waals surface area contributed by atoms with E-state index in [1.165, 1.54) is 11.1 Å². The summed E-state index contributed by atoms with van der Waals surface area (Å²) in [4.78, 5) is 12.4. The number of aryl methyl sites for hydroxylation is 1. The number of rotatable bonds is 4. The zero-order chi connectivity index (χ0) is 17.1. The predicted molar refractivity (Wildman–Crippen MR) is 96.2 cm³/mol. The lowest BCUT2D eigenvalue weighted by atomic mass is 9.88. The minimum absolute atomic E-state index is 0.00316. The fraction of sp³-hybridized carbons (Fsp3) is 0.350. The van der Waals surface area contributed by atoms with Gasteiger partial charge in [-0.05, 0) is 42.5 Å². The van der Waals surface area contributed by atoms with Crippen LogP contribution in [0.1, 0.15) is 30.0 Å². The minimum atomic E-state index is -0.00316. The average Bonchev–Trinajstić information content (AvgIpc) is 2.66. The quantitative estimate of drug-likeness (QED) is 0.899. The van der Waals surface area contributed by atoms with E-state index in [1.807, 2.05) is 24.3 Å². The molecular formula is C20H22N2O3. The fourth-order valence-electron chi connectivity index (χ4n) is 3.48. The molecular weight excluding hydrogens is 316 g/mol. The van der Waals surface area contributed by atoms with Crippen LogP contribution in [0.4, 0.5) is 5.69 Å². The van der Waals surface area contributed by atoms with Crippen LogP contribution in [0.3, 0.4) is 0 Å². The van der Waals surface area contributed by atoms with Crippen molar-refractivity contribution in [3.05, 3.63) is 53.6 Å². The standard InChI is InChI=1S/C20H22N2O3/c23-20(22-17-7-3-5-14-4-1-2-6-16(14)17)13-21-15-8-9-18-19(12-15)25-11-10-24-18/h1-2,4,6,8-9,12,17,21H,3,5,7,10-11,13H2,(H,22,23). The van der Waals surface area contributed by atoms with Gasteiger partial charge in [-0.1, -0.05) is 24.3 Å². The molecule has 1 unspecified atom stereocenters. The van der Waals surface area contributed by atoms with Gasteiger partial charge < -0.3 is 20.1 Å². The molecule has 0 bridgehead atoms. The highest BCUT2D eigenvalue weighted by Crippen LogP contribution is 2.32. The molecule has 5 nitrogen and oxygen atoms in total. The summed E-state index contributed by atoms with van der Waals surface area (Å²) in [7, 11) is 0. The second-order valence-corrected chi connectivity index (χ2v) is 6.42. The molecule has 4 rings (SSSR count). The largest absolute Gasteiger partial charge is 0.486 e. The zero-order valence-corrected chi connectivity index (χ0v) is 14.1. The summed E-state index contributed by atoms with van der Waals surface area (Å²) >= 11 is 0. The van der Waals surface area contributed by atoms with Gasteiger partial charge in [0.15, 0.2) is 11.5 Å². The van der Waals surface area contributed by atoms with Crippen molar-refractivity contribution in [3.63, 3.8) is 0 Å². The first-order valence-electron chi connectivity index (χ1n) is 8.80. The first-order valence-corrected chi connectivity index (χ1v) is 8.80. The molecule has 1 aliphatic carbocycles. The van der Waals surface area contributed by atoms with Crippen molar-refractivity contribution in [2.75, 3.05) is 25.1 Å². The van der Waals surface area contributed by atoms with Crippen LogP contribution in [0, 0.1) is 0 Å². The molecule has 2 N–H and O–H groups in total. The van der Waals surface area contributed by atoms with Gasteiger partial charge in [-0.3, -0.25) is 4.79 Å². The maximum Gasteiger partial charge on any atom is 0.239 e. The van der Waals surface area contributed by atoms with E-state index < -0.39 is 0 Å². The Labute approximate surface area is 147 Å². The predicted octanol–water partition coefficient (Wildman–Crippen LogP) is 3.06. The number of anilines is 1. The summed E-state index contributed by atoms with van der Waals surface area (Å²) in [5, 5.41) is 6.31. The van der Waals surface area contributed by atoms with Crippen LogP contribution in [0.5, 0.6) is 11.5 Å². The fourth-order valence-corrected chi connectivity index (χ4v) is 3.48. The first kappa shape index (κ1) is 15.8. The highest BCUT2D eigenvalue weighted by molar-refractivity contribution is 5.81. The summed E-state index contributed by atoms with van der Waals surface area (Å²) in [5.41, 5.74) is 3.45. The van der Waals surface area contributed by atoms with Crippen LogP contribution in [0.2, 0.25) is 0 Å². The lowest BCUT2D eigenvalue weighted by molar-refractivity contribution is -0.120. The van der Waals surface area contributed by atoms with Crippen molar-refractivity contribution < 1.29 is 14.3 Å². The summed E-state index contributed by atoms with van der Waals surface area (Å²) in [5.74, 6) is 1.47. The summed E-state index contributed by atoms with van der Waals surface area (Å²) < 4.78 is 11.1. The van der Waals surface area contributed by atoms with Crippen molar-refractivity contribution in [2.24, 2.45) is 0 Å². The van der Waals surface area contributed by atoms with Crippen molar-refractivity contribution in [3.8, 4) is 11.5 Å². The normalized spacial score (nSPS) is 18.2. The van der Waals surface area contributed by atoms with Crippen LogP contribution in [0.25, 0.3) is 0 Å². The summed E-state index contributed by atoms with van der Waals surface area (Å²) in [6.07, 6.45) is 3.20. The topological polar surface area (TPSA) is 59.6 Å². The molecule has 0 saturated carbocycles. The first-order chi connectivity index (χ1) is 12.3. The smallest absolute Gasteiger partial charge is 0.239 e. The van der Waals surface area contributed by atoms with E-state index in [1.54, 1.807) is 0 Å². The average molecular weight is 338 g/mol. The molecule has 0 saturated heterocycles. The van der Waals surface area contributed by atoms with Crippen LogP contribution in [-0.4, -0.2) is 25.7 Å². The number of hydrogen-bond donors (Lipinski definition) is 2. The van der Waals surface area contributed by atoms with Crippen LogP contribution >= 0.6 is 0 Å². The number of fused-ring (bicyclic) bond motifs is 2. The number of carbonyl (C=O) groups excluding carboxylic acids is 1. The van der Waals surface area contributed by atoms with Gasteiger partial charge in [0.25, 0.3) is 0 Å². The van der Waals surface area contributed by atoms with Gasteiger partial charge in [0.2, 0.25) is 5.91 Å². The number of nitrogens with one attached hydrogen (secondary N) is 2. The second kappa shape index (κ2) is 7.05. The Hall–Kier alpha value is -2.69. The molecule has 2 aromatic carbocycles. The zero-order valence-electron chi connectivity index (χ0n) is 14.1. The molecule has 130 valence electrons. The molecule has 2 aromatic rings. The molecule has 0 fully saturated rings. The van der Waals surface area contributed by atoms with Gasteiger partial charge in [-0.25, -0.2) is 0 Å². The second-order valence-electron chi connectivity index (χ2n) is 6.42. The van der Waals surface area contributed by atoms with Gasteiger partial charge in [0.1, 0.15) is 13.2 Å². The van der Waals surface area contributed by atoms with Gasteiger partial charge in [0, 0.05) is 11.8 Å². The van der Waals surface area contributed by atoms with Crippen LogP contribution in [-0.2, 0) is 11.2 Å². The van der Waals surface area contributed by atoms with Crippen LogP contribution in [0.15, 0.2) is 42.5 Å². The van der Waals surface area contributed by atoms with E-state index in [9.17, 15) is 4.79 Å². The van der Waals surface area contributed by atoms with E-state index in [-0.39, 0.29) is 18.5 Å². The molecule has 0 aromatic heterocycles. The van der Waals surface area contributed by atoms with E-state index in [0.717, 1.165) is 36.4 Å². The Morgan fingerprint density at radius 2 is 1.92 bits per heavy atom. The maximum absolute atomic E-state index is 12.4. The molecule has 1 aliphatic heterocycles.